The van der Waals surface area contributed by atoms with Crippen LogP contribution in [0.5, 0.6) is 0 Å². The van der Waals surface area contributed by atoms with Crippen molar-refractivity contribution in [2.75, 3.05) is 0 Å². The van der Waals surface area contributed by atoms with Gasteiger partial charge in [-0.25, -0.2) is 13.1 Å². The van der Waals surface area contributed by atoms with E-state index in [1.165, 1.54) is 18.2 Å². The van der Waals surface area contributed by atoms with Gasteiger partial charge in [0.15, 0.2) is 0 Å². The third-order valence-electron chi connectivity index (χ3n) is 2.67. The lowest BCUT2D eigenvalue weighted by Gasteiger charge is -2.16. The predicted octanol–water partition coefficient (Wildman–Crippen LogP) is 2.91. The number of carboxylic acids is 1. The average Bonchev–Trinajstić information content (AvgIpc) is 2.31. The van der Waals surface area contributed by atoms with E-state index >= 15 is 0 Å². The molecule has 0 aromatic heterocycles. The van der Waals surface area contributed by atoms with E-state index in [1.54, 1.807) is 0 Å². The minimum Gasteiger partial charge on any atom is -0.480 e. The molecule has 0 unspecified atom stereocenters. The molecule has 0 amide bonds. The summed E-state index contributed by atoms with van der Waals surface area (Å²) in [5.41, 5.74) is 0.436. The maximum Gasteiger partial charge on any atom is 0.321 e. The van der Waals surface area contributed by atoms with Gasteiger partial charge >= 0.3 is 5.97 Å². The zero-order valence-electron chi connectivity index (χ0n) is 11.6. The summed E-state index contributed by atoms with van der Waals surface area (Å²) in [6.45, 7) is 3.65. The zero-order valence-corrected chi connectivity index (χ0v) is 14.0. The van der Waals surface area contributed by atoms with E-state index in [0.717, 1.165) is 0 Å². The fraction of sp³-hybridized carbons (Fsp3) is 0.462. The van der Waals surface area contributed by atoms with Crippen molar-refractivity contribution in [1.29, 1.82) is 0 Å². The molecule has 0 heterocycles. The van der Waals surface area contributed by atoms with Gasteiger partial charge in [-0.1, -0.05) is 43.1 Å². The summed E-state index contributed by atoms with van der Waals surface area (Å²) >= 11 is 11.6. The van der Waals surface area contributed by atoms with Crippen LogP contribution >= 0.6 is 23.2 Å². The molecule has 0 aliphatic carbocycles. The van der Waals surface area contributed by atoms with Crippen LogP contribution in [0.25, 0.3) is 0 Å². The van der Waals surface area contributed by atoms with Gasteiger partial charge in [0.05, 0.1) is 15.8 Å². The third-order valence-corrected chi connectivity index (χ3v) is 4.76. The molecule has 0 bridgehead atoms. The Hall–Kier alpha value is -0.820. The van der Waals surface area contributed by atoms with E-state index < -0.39 is 22.0 Å². The molecule has 21 heavy (non-hydrogen) atoms. The highest BCUT2D eigenvalue weighted by molar-refractivity contribution is 7.88. The Labute approximate surface area is 134 Å². The first-order chi connectivity index (χ1) is 9.60. The highest BCUT2D eigenvalue weighted by atomic mass is 35.5. The highest BCUT2D eigenvalue weighted by Gasteiger charge is 2.25. The van der Waals surface area contributed by atoms with Crippen molar-refractivity contribution in [3.8, 4) is 0 Å². The smallest absolute Gasteiger partial charge is 0.321 e. The highest BCUT2D eigenvalue weighted by Crippen LogP contribution is 2.23. The number of hydrogen-bond donors (Lipinski definition) is 2. The van der Waals surface area contributed by atoms with Crippen LogP contribution in [0.2, 0.25) is 10.0 Å². The standard InChI is InChI=1S/C13H17Cl2NO4S/c1-8(2)5-12(13(17)18)16-21(19,20)7-9-3-4-10(14)11(15)6-9/h3-4,6,8,12,16H,5,7H2,1-2H3,(H,17,18)/t12-/m1/s1. The Balaban J connectivity index is 2.84. The number of sulfonamides is 1. The molecule has 0 aliphatic heterocycles. The summed E-state index contributed by atoms with van der Waals surface area (Å²) in [6.07, 6.45) is 0.218. The van der Waals surface area contributed by atoms with Gasteiger partial charge in [-0.15, -0.1) is 0 Å². The molecule has 1 aromatic carbocycles. The number of nitrogens with one attached hydrogen (secondary N) is 1. The number of hydrogen-bond acceptors (Lipinski definition) is 3. The molecule has 0 aliphatic rings. The lowest BCUT2D eigenvalue weighted by atomic mass is 10.1. The number of rotatable bonds is 7. The molecule has 118 valence electrons. The SMILES string of the molecule is CC(C)C[C@@H](NS(=O)(=O)Cc1ccc(Cl)c(Cl)c1)C(=O)O. The third kappa shape index (κ3) is 6.22. The second-order valence-corrected chi connectivity index (χ2v) is 7.71. The number of carbonyl (C=O) groups is 1. The van der Waals surface area contributed by atoms with Crippen molar-refractivity contribution in [3.63, 3.8) is 0 Å². The second-order valence-electron chi connectivity index (χ2n) is 5.15. The summed E-state index contributed by atoms with van der Waals surface area (Å²) < 4.78 is 26.3. The minimum atomic E-state index is -3.79. The van der Waals surface area contributed by atoms with Gasteiger partial charge in [0.25, 0.3) is 0 Å². The lowest BCUT2D eigenvalue weighted by molar-refractivity contribution is -0.139. The van der Waals surface area contributed by atoms with Crippen LogP contribution in [-0.4, -0.2) is 25.5 Å². The fourth-order valence-corrected chi connectivity index (χ4v) is 3.43. The van der Waals surface area contributed by atoms with Gasteiger partial charge in [-0.2, -0.15) is 0 Å². The summed E-state index contributed by atoms with van der Waals surface area (Å²) in [5, 5.41) is 9.65. The maximum absolute atomic E-state index is 12.0. The van der Waals surface area contributed by atoms with Gasteiger partial charge in [0, 0.05) is 0 Å². The quantitative estimate of drug-likeness (QED) is 0.789. The fourth-order valence-electron chi connectivity index (χ4n) is 1.78. The van der Waals surface area contributed by atoms with Crippen molar-refractivity contribution in [2.24, 2.45) is 5.92 Å². The zero-order chi connectivity index (χ0) is 16.2. The summed E-state index contributed by atoms with van der Waals surface area (Å²) in [5.74, 6) is -1.49. The molecule has 5 nitrogen and oxygen atoms in total. The van der Waals surface area contributed by atoms with Crippen molar-refractivity contribution in [1.82, 2.24) is 4.72 Å². The van der Waals surface area contributed by atoms with Gasteiger partial charge < -0.3 is 5.11 Å². The molecular formula is C13H17Cl2NO4S. The van der Waals surface area contributed by atoms with Crippen molar-refractivity contribution in [3.05, 3.63) is 33.8 Å². The van der Waals surface area contributed by atoms with Gasteiger partial charge in [0.2, 0.25) is 10.0 Å². The van der Waals surface area contributed by atoms with Crippen molar-refractivity contribution < 1.29 is 18.3 Å². The first kappa shape index (κ1) is 18.2. The van der Waals surface area contributed by atoms with E-state index in [9.17, 15) is 13.2 Å². The lowest BCUT2D eigenvalue weighted by Crippen LogP contribution is -2.42. The van der Waals surface area contributed by atoms with E-state index in [2.05, 4.69) is 4.72 Å². The Morgan fingerprint density at radius 1 is 1.29 bits per heavy atom. The van der Waals surface area contributed by atoms with E-state index in [-0.39, 0.29) is 23.1 Å². The van der Waals surface area contributed by atoms with Crippen LogP contribution in [0, 0.1) is 5.92 Å². The van der Waals surface area contributed by atoms with Crippen LogP contribution in [0.1, 0.15) is 25.8 Å². The minimum absolute atomic E-state index is 0.0544. The van der Waals surface area contributed by atoms with E-state index in [0.29, 0.717) is 10.6 Å². The topological polar surface area (TPSA) is 83.5 Å². The Bertz CT molecular complexity index is 617. The largest absolute Gasteiger partial charge is 0.480 e. The van der Waals surface area contributed by atoms with Gasteiger partial charge in [-0.3, -0.25) is 4.79 Å². The first-order valence-electron chi connectivity index (χ1n) is 6.27. The second kappa shape index (κ2) is 7.45. The summed E-state index contributed by atoms with van der Waals surface area (Å²) in [7, 11) is -3.79. The van der Waals surface area contributed by atoms with Crippen LogP contribution in [0.4, 0.5) is 0 Å². The molecule has 0 saturated heterocycles. The Kier molecular flexibility index (Phi) is 6.46. The molecule has 0 fully saturated rings. The molecular weight excluding hydrogens is 337 g/mol. The predicted molar refractivity (Wildman–Crippen MR) is 83.1 cm³/mol. The monoisotopic (exact) mass is 353 g/mol. The molecule has 2 N–H and O–H groups in total. The molecule has 1 rings (SSSR count). The van der Waals surface area contributed by atoms with Crippen molar-refractivity contribution >= 4 is 39.2 Å². The number of carboxylic acid groups (broad SMARTS) is 1. The van der Waals surface area contributed by atoms with Gasteiger partial charge in [0.1, 0.15) is 6.04 Å². The molecule has 0 spiro atoms. The summed E-state index contributed by atoms with van der Waals surface area (Å²) in [6, 6.07) is 3.34. The molecule has 0 radical (unpaired) electrons. The molecule has 1 atom stereocenters. The normalized spacial score (nSPS) is 13.4. The summed E-state index contributed by atoms with van der Waals surface area (Å²) in [4.78, 5) is 11.1. The number of aliphatic carboxylic acids is 1. The molecule has 1 aromatic rings. The Morgan fingerprint density at radius 3 is 2.38 bits per heavy atom. The maximum atomic E-state index is 12.0. The van der Waals surface area contributed by atoms with Gasteiger partial charge in [-0.05, 0) is 30.0 Å². The average molecular weight is 354 g/mol. The van der Waals surface area contributed by atoms with Crippen LogP contribution in [0.15, 0.2) is 18.2 Å². The number of halogens is 2. The van der Waals surface area contributed by atoms with Crippen LogP contribution in [0.3, 0.4) is 0 Å². The number of benzene rings is 1. The Morgan fingerprint density at radius 2 is 1.90 bits per heavy atom. The van der Waals surface area contributed by atoms with Crippen LogP contribution < -0.4 is 4.72 Å². The van der Waals surface area contributed by atoms with Crippen LogP contribution in [-0.2, 0) is 20.6 Å². The van der Waals surface area contributed by atoms with Crippen molar-refractivity contribution in [2.45, 2.75) is 32.1 Å². The molecule has 0 saturated carbocycles. The van der Waals surface area contributed by atoms with E-state index in [4.69, 9.17) is 28.3 Å². The van der Waals surface area contributed by atoms with E-state index in [1.807, 2.05) is 13.8 Å². The first-order valence-corrected chi connectivity index (χ1v) is 8.68. The molecule has 8 heteroatoms.